The van der Waals surface area contributed by atoms with Gasteiger partial charge in [-0.3, -0.25) is 28.8 Å². The van der Waals surface area contributed by atoms with Crippen LogP contribution in [0.5, 0.6) is 0 Å². The predicted octanol–water partition coefficient (Wildman–Crippen LogP) is -2.29. The van der Waals surface area contributed by atoms with Crippen LogP contribution in [0.3, 0.4) is 0 Å². The largest absolute Gasteiger partial charge is 0.480 e. The first-order valence-electron chi connectivity index (χ1n) is 16.8. The summed E-state index contributed by atoms with van der Waals surface area (Å²) >= 11 is 0. The van der Waals surface area contributed by atoms with E-state index in [4.69, 9.17) is 5.73 Å². The Morgan fingerprint density at radius 1 is 0.863 bits per heavy atom. The Kier molecular flexibility index (Phi) is 15.1. The molecule has 0 aliphatic carbocycles. The maximum atomic E-state index is 13.6. The standard InChI is InChI=1S/C32H49N11O8/c1-17(2)8-23(32(50)51)41-30(48)24-6-5-7-43(24)31(49)27(18(3)4)42-26(45)14-37-29(47)22(10-20-12-35-16-39-20)40-25(44)13-36-28(46)21(33)9-19-11-34-15-38-19/h11-12,15-18,21-24,27H,5-10,13-14,33H2,1-4H3,(H,34,38)(H,35,39)(H,36,46)(H,37,47)(H,40,44)(H,41,48)(H,42,45)(H,50,51). The first kappa shape index (κ1) is 40.1. The molecule has 6 amide bonds. The first-order chi connectivity index (χ1) is 24.2. The third-order valence-corrected chi connectivity index (χ3v) is 8.22. The number of aromatic amines is 2. The Morgan fingerprint density at radius 2 is 1.45 bits per heavy atom. The van der Waals surface area contributed by atoms with Crippen LogP contribution in [0.2, 0.25) is 0 Å². The lowest BCUT2D eigenvalue weighted by Gasteiger charge is -2.31. The molecule has 1 aliphatic heterocycles. The number of aliphatic carboxylic acids is 1. The summed E-state index contributed by atoms with van der Waals surface area (Å²) in [6.45, 7) is 6.36. The monoisotopic (exact) mass is 715 g/mol. The van der Waals surface area contributed by atoms with Crippen molar-refractivity contribution in [3.8, 4) is 0 Å². The molecule has 19 heteroatoms. The number of carboxylic acids is 1. The van der Waals surface area contributed by atoms with Crippen molar-refractivity contribution in [2.24, 2.45) is 17.6 Å². The highest BCUT2D eigenvalue weighted by Gasteiger charge is 2.40. The Labute approximate surface area is 295 Å². The molecule has 0 spiro atoms. The molecule has 0 aromatic carbocycles. The number of carboxylic acid groups (broad SMARTS) is 1. The van der Waals surface area contributed by atoms with Crippen molar-refractivity contribution in [1.82, 2.24) is 51.4 Å². The summed E-state index contributed by atoms with van der Waals surface area (Å²) in [6.07, 6.45) is 7.08. The number of H-pyrrole nitrogens is 2. The molecule has 3 heterocycles. The third-order valence-electron chi connectivity index (χ3n) is 8.22. The van der Waals surface area contributed by atoms with Gasteiger partial charge in [0, 0.05) is 43.2 Å². The summed E-state index contributed by atoms with van der Waals surface area (Å²) in [5.41, 5.74) is 7.06. The quantitative estimate of drug-likeness (QED) is 0.0746. The topological polar surface area (TPSA) is 286 Å². The Balaban J connectivity index is 1.57. The van der Waals surface area contributed by atoms with Crippen LogP contribution >= 0.6 is 0 Å². The number of carbonyl (C=O) groups excluding carboxylic acids is 6. The van der Waals surface area contributed by atoms with E-state index in [1.54, 1.807) is 13.8 Å². The van der Waals surface area contributed by atoms with E-state index >= 15 is 0 Å². The summed E-state index contributed by atoms with van der Waals surface area (Å²) in [5.74, 6) is -5.30. The van der Waals surface area contributed by atoms with Gasteiger partial charge in [-0.25, -0.2) is 14.8 Å². The van der Waals surface area contributed by atoms with Gasteiger partial charge in [-0.1, -0.05) is 27.7 Å². The number of imidazole rings is 2. The number of hydrogen-bond acceptors (Lipinski definition) is 10. The van der Waals surface area contributed by atoms with E-state index in [-0.39, 0.29) is 31.7 Å². The minimum Gasteiger partial charge on any atom is -0.480 e. The highest BCUT2D eigenvalue weighted by molar-refractivity contribution is 5.96. The molecular weight excluding hydrogens is 666 g/mol. The SMILES string of the molecule is CC(C)CC(NC(=O)C1CCCN1C(=O)C(NC(=O)CNC(=O)C(Cc1cnc[nH]1)NC(=O)CNC(=O)C(N)Cc1cnc[nH]1)C(C)C)C(=O)O. The molecule has 19 nitrogen and oxygen atoms in total. The fourth-order valence-electron chi connectivity index (χ4n) is 5.57. The highest BCUT2D eigenvalue weighted by Crippen LogP contribution is 2.21. The lowest BCUT2D eigenvalue weighted by molar-refractivity contribution is -0.145. The van der Waals surface area contributed by atoms with Crippen molar-refractivity contribution < 1.29 is 38.7 Å². The zero-order valence-corrected chi connectivity index (χ0v) is 29.2. The molecule has 280 valence electrons. The molecule has 51 heavy (non-hydrogen) atoms. The van der Waals surface area contributed by atoms with Crippen LogP contribution in [-0.4, -0.2) is 121 Å². The van der Waals surface area contributed by atoms with Crippen LogP contribution in [0.1, 0.15) is 58.3 Å². The predicted molar refractivity (Wildman–Crippen MR) is 181 cm³/mol. The molecule has 0 bridgehead atoms. The van der Waals surface area contributed by atoms with Gasteiger partial charge in [-0.15, -0.1) is 0 Å². The lowest BCUT2D eigenvalue weighted by Crippen LogP contribution is -2.58. The van der Waals surface area contributed by atoms with E-state index in [0.29, 0.717) is 24.2 Å². The van der Waals surface area contributed by atoms with Crippen molar-refractivity contribution in [2.45, 2.75) is 90.0 Å². The summed E-state index contributed by atoms with van der Waals surface area (Å²) < 4.78 is 0. The van der Waals surface area contributed by atoms with Crippen molar-refractivity contribution in [1.29, 1.82) is 0 Å². The molecule has 10 N–H and O–H groups in total. The van der Waals surface area contributed by atoms with Crippen LogP contribution < -0.4 is 32.3 Å². The van der Waals surface area contributed by atoms with Crippen LogP contribution in [0.15, 0.2) is 25.0 Å². The first-order valence-corrected chi connectivity index (χ1v) is 16.8. The van der Waals surface area contributed by atoms with Gasteiger partial charge in [-0.2, -0.15) is 0 Å². The summed E-state index contributed by atoms with van der Waals surface area (Å²) in [6, 6.07) is -5.16. The van der Waals surface area contributed by atoms with Gasteiger partial charge in [-0.05, 0) is 31.1 Å². The van der Waals surface area contributed by atoms with Crippen LogP contribution in [-0.2, 0) is 46.4 Å². The van der Waals surface area contributed by atoms with Gasteiger partial charge in [0.05, 0.1) is 31.8 Å². The second-order valence-electron chi connectivity index (χ2n) is 13.2. The summed E-state index contributed by atoms with van der Waals surface area (Å²) in [7, 11) is 0. The second-order valence-corrected chi connectivity index (χ2v) is 13.2. The zero-order valence-electron chi connectivity index (χ0n) is 29.2. The van der Waals surface area contributed by atoms with Crippen LogP contribution in [0.4, 0.5) is 0 Å². The Hall–Kier alpha value is -5.33. The van der Waals surface area contributed by atoms with E-state index in [2.05, 4.69) is 46.5 Å². The van der Waals surface area contributed by atoms with E-state index in [9.17, 15) is 38.7 Å². The fraction of sp³-hybridized carbons (Fsp3) is 0.594. The van der Waals surface area contributed by atoms with E-state index in [1.165, 1.54) is 29.9 Å². The number of nitrogens with one attached hydrogen (secondary N) is 7. The second kappa shape index (κ2) is 19.2. The number of nitrogens with zero attached hydrogens (tertiary/aromatic N) is 3. The van der Waals surface area contributed by atoms with Crippen molar-refractivity contribution in [2.75, 3.05) is 19.6 Å². The minimum atomic E-state index is -1.17. The Bertz CT molecular complexity index is 1500. The number of likely N-dealkylation sites (tertiary alicyclic amines) is 1. The van der Waals surface area contributed by atoms with Crippen LogP contribution in [0, 0.1) is 11.8 Å². The number of aromatic nitrogens is 4. The maximum Gasteiger partial charge on any atom is 0.326 e. The normalized spacial score (nSPS) is 16.5. The molecule has 3 rings (SSSR count). The average Bonchev–Trinajstić information content (AvgIpc) is 3.87. The molecule has 5 unspecified atom stereocenters. The molecule has 2 aromatic rings. The Morgan fingerprint density at radius 3 is 2.00 bits per heavy atom. The molecule has 1 saturated heterocycles. The van der Waals surface area contributed by atoms with E-state index in [1.807, 2.05) is 13.8 Å². The maximum absolute atomic E-state index is 13.6. The number of hydrogen-bond donors (Lipinski definition) is 9. The summed E-state index contributed by atoms with van der Waals surface area (Å²) in [4.78, 5) is 105. The van der Waals surface area contributed by atoms with Crippen molar-refractivity contribution in [3.05, 3.63) is 36.4 Å². The molecule has 2 aromatic heterocycles. The number of nitrogens with two attached hydrogens (primary N) is 1. The van der Waals surface area contributed by atoms with Gasteiger partial charge in [0.2, 0.25) is 35.4 Å². The van der Waals surface area contributed by atoms with Gasteiger partial charge in [0.1, 0.15) is 24.2 Å². The number of amides is 6. The molecule has 5 atom stereocenters. The average molecular weight is 716 g/mol. The smallest absolute Gasteiger partial charge is 0.326 e. The zero-order chi connectivity index (χ0) is 37.7. The third kappa shape index (κ3) is 12.5. The van der Waals surface area contributed by atoms with Gasteiger partial charge >= 0.3 is 5.97 Å². The molecule has 1 fully saturated rings. The van der Waals surface area contributed by atoms with Gasteiger partial charge < -0.3 is 52.3 Å². The lowest BCUT2D eigenvalue weighted by atomic mass is 10.0. The highest BCUT2D eigenvalue weighted by atomic mass is 16.4. The summed E-state index contributed by atoms with van der Waals surface area (Å²) in [5, 5.41) is 22.2. The fourth-order valence-corrected chi connectivity index (χ4v) is 5.57. The van der Waals surface area contributed by atoms with Crippen LogP contribution in [0.25, 0.3) is 0 Å². The molecule has 0 saturated carbocycles. The van der Waals surface area contributed by atoms with E-state index < -0.39 is 90.6 Å². The van der Waals surface area contributed by atoms with Crippen molar-refractivity contribution in [3.63, 3.8) is 0 Å². The number of rotatable bonds is 19. The van der Waals surface area contributed by atoms with Gasteiger partial charge in [0.25, 0.3) is 0 Å². The minimum absolute atomic E-state index is 0.0154. The van der Waals surface area contributed by atoms with E-state index in [0.717, 1.165) is 0 Å². The number of carbonyl (C=O) groups is 7. The molecular formula is C32H49N11O8. The van der Waals surface area contributed by atoms with Gasteiger partial charge in [0.15, 0.2) is 0 Å². The molecule has 0 radical (unpaired) electrons. The van der Waals surface area contributed by atoms with Crippen molar-refractivity contribution >= 4 is 41.4 Å². The molecule has 1 aliphatic rings.